The molecule has 1 aromatic carbocycles. The molecule has 0 aromatic heterocycles. The number of hydrogen-bond acceptors (Lipinski definition) is 6. The van der Waals surface area contributed by atoms with Crippen LogP contribution < -0.4 is 0 Å². The Bertz CT molecular complexity index is 904. The molecule has 0 saturated carbocycles. The summed E-state index contributed by atoms with van der Waals surface area (Å²) in [6.07, 6.45) is 0.798. The van der Waals surface area contributed by atoms with Crippen molar-refractivity contribution < 1.29 is 26.0 Å². The predicted octanol–water partition coefficient (Wildman–Crippen LogP) is 1.38. The standard InChI is InChI=1S/C17H24ClFN2O5S2/c18-16-12-14(19)2-3-17(16)28(24,25)21(15-4-11-27(22,23)13-15)6-1-5-20-7-9-26-10-8-20/h2-3,12,15H,1,4-11,13H2. The van der Waals surface area contributed by atoms with Crippen molar-refractivity contribution in [2.75, 3.05) is 50.9 Å². The van der Waals surface area contributed by atoms with E-state index in [4.69, 9.17) is 16.3 Å². The highest BCUT2D eigenvalue weighted by Crippen LogP contribution is 2.30. The second kappa shape index (κ2) is 8.93. The van der Waals surface area contributed by atoms with Crippen LogP contribution in [0, 0.1) is 5.82 Å². The first kappa shape index (κ1) is 21.9. The van der Waals surface area contributed by atoms with E-state index in [9.17, 15) is 21.2 Å². The number of halogens is 2. The summed E-state index contributed by atoms with van der Waals surface area (Å²) in [7, 11) is -7.33. The van der Waals surface area contributed by atoms with E-state index >= 15 is 0 Å². The molecule has 11 heteroatoms. The Hall–Kier alpha value is -0.780. The normalized spacial score (nSPS) is 23.3. The highest BCUT2D eigenvalue weighted by molar-refractivity contribution is 7.92. The molecular weight excluding hydrogens is 431 g/mol. The summed E-state index contributed by atoms with van der Waals surface area (Å²) in [6.45, 7) is 3.73. The number of nitrogens with zero attached hydrogens (tertiary/aromatic N) is 2. The third-order valence-electron chi connectivity index (χ3n) is 5.05. The molecule has 2 aliphatic heterocycles. The Kier molecular flexibility index (Phi) is 6.99. The Labute approximate surface area is 170 Å². The lowest BCUT2D eigenvalue weighted by Crippen LogP contribution is -2.43. The predicted molar refractivity (Wildman–Crippen MR) is 104 cm³/mol. The van der Waals surface area contributed by atoms with Crippen LogP contribution in [-0.2, 0) is 24.6 Å². The van der Waals surface area contributed by atoms with Gasteiger partial charge in [0.15, 0.2) is 9.84 Å². The summed E-state index contributed by atoms with van der Waals surface area (Å²) in [4.78, 5) is 1.98. The molecule has 7 nitrogen and oxygen atoms in total. The topological polar surface area (TPSA) is 84.0 Å². The largest absolute Gasteiger partial charge is 0.379 e. The molecule has 3 rings (SSSR count). The number of sulfone groups is 1. The van der Waals surface area contributed by atoms with Crippen LogP contribution >= 0.6 is 11.6 Å². The molecule has 1 unspecified atom stereocenters. The minimum absolute atomic E-state index is 0.0374. The van der Waals surface area contributed by atoms with Crippen LogP contribution in [0.1, 0.15) is 12.8 Å². The molecule has 0 radical (unpaired) electrons. The maximum absolute atomic E-state index is 13.4. The van der Waals surface area contributed by atoms with Crippen molar-refractivity contribution in [2.24, 2.45) is 0 Å². The second-order valence-electron chi connectivity index (χ2n) is 7.05. The molecule has 1 atom stereocenters. The summed E-state index contributed by atoms with van der Waals surface area (Å²) >= 11 is 5.99. The van der Waals surface area contributed by atoms with Crippen LogP contribution in [0.15, 0.2) is 23.1 Å². The summed E-state index contributed by atoms with van der Waals surface area (Å²) in [6, 6.07) is 2.48. The molecule has 2 fully saturated rings. The van der Waals surface area contributed by atoms with Crippen LogP contribution in [-0.4, -0.2) is 83.0 Å². The van der Waals surface area contributed by atoms with Crippen LogP contribution in [0.5, 0.6) is 0 Å². The molecule has 0 aliphatic carbocycles. The van der Waals surface area contributed by atoms with E-state index in [-0.39, 0.29) is 34.4 Å². The number of morpholine rings is 1. The molecule has 0 N–H and O–H groups in total. The minimum Gasteiger partial charge on any atom is -0.379 e. The van der Waals surface area contributed by atoms with Gasteiger partial charge in [0, 0.05) is 25.7 Å². The molecule has 2 aliphatic rings. The third-order valence-corrected chi connectivity index (χ3v) is 9.24. The average Bonchev–Trinajstić information content (AvgIpc) is 2.98. The molecule has 0 spiro atoms. The van der Waals surface area contributed by atoms with Crippen molar-refractivity contribution in [3.63, 3.8) is 0 Å². The Morgan fingerprint density at radius 3 is 2.61 bits per heavy atom. The van der Waals surface area contributed by atoms with E-state index in [1.54, 1.807) is 0 Å². The lowest BCUT2D eigenvalue weighted by Gasteiger charge is -2.30. The molecule has 2 saturated heterocycles. The Morgan fingerprint density at radius 1 is 1.29 bits per heavy atom. The van der Waals surface area contributed by atoms with E-state index in [1.165, 1.54) is 4.31 Å². The van der Waals surface area contributed by atoms with Crippen molar-refractivity contribution >= 4 is 31.5 Å². The van der Waals surface area contributed by atoms with Crippen LogP contribution in [0.2, 0.25) is 5.02 Å². The molecule has 1 aromatic rings. The number of hydrogen-bond donors (Lipinski definition) is 0. The monoisotopic (exact) mass is 454 g/mol. The maximum Gasteiger partial charge on any atom is 0.244 e. The van der Waals surface area contributed by atoms with Gasteiger partial charge in [0.2, 0.25) is 10.0 Å². The molecule has 28 heavy (non-hydrogen) atoms. The van der Waals surface area contributed by atoms with Gasteiger partial charge in [-0.2, -0.15) is 4.31 Å². The number of rotatable bonds is 7. The minimum atomic E-state index is -4.06. The lowest BCUT2D eigenvalue weighted by atomic mass is 10.2. The van der Waals surface area contributed by atoms with E-state index in [0.717, 1.165) is 31.3 Å². The quantitative estimate of drug-likeness (QED) is 0.619. The van der Waals surface area contributed by atoms with Crippen molar-refractivity contribution in [1.82, 2.24) is 9.21 Å². The third kappa shape index (κ3) is 5.22. The zero-order valence-corrected chi connectivity index (χ0v) is 17.8. The molecule has 158 valence electrons. The summed E-state index contributed by atoms with van der Waals surface area (Å²) in [5, 5.41) is -0.209. The van der Waals surface area contributed by atoms with Crippen LogP contribution in [0.25, 0.3) is 0 Å². The van der Waals surface area contributed by atoms with Gasteiger partial charge in [-0.1, -0.05) is 11.6 Å². The van der Waals surface area contributed by atoms with Gasteiger partial charge in [-0.15, -0.1) is 0 Å². The van der Waals surface area contributed by atoms with Crippen molar-refractivity contribution in [3.05, 3.63) is 29.0 Å². The van der Waals surface area contributed by atoms with Crippen molar-refractivity contribution in [2.45, 2.75) is 23.8 Å². The first-order valence-electron chi connectivity index (χ1n) is 9.16. The van der Waals surface area contributed by atoms with Crippen LogP contribution in [0.3, 0.4) is 0 Å². The van der Waals surface area contributed by atoms with Gasteiger partial charge in [0.1, 0.15) is 10.7 Å². The summed E-state index contributed by atoms with van der Waals surface area (Å²) in [5.41, 5.74) is 0. The van der Waals surface area contributed by atoms with E-state index < -0.39 is 31.7 Å². The second-order valence-corrected chi connectivity index (χ2v) is 11.5. The van der Waals surface area contributed by atoms with Gasteiger partial charge in [-0.25, -0.2) is 21.2 Å². The average molecular weight is 455 g/mol. The Morgan fingerprint density at radius 2 is 2.00 bits per heavy atom. The van der Waals surface area contributed by atoms with Crippen molar-refractivity contribution in [1.29, 1.82) is 0 Å². The smallest absolute Gasteiger partial charge is 0.244 e. The fourth-order valence-electron chi connectivity index (χ4n) is 3.59. The Balaban J connectivity index is 1.80. The fraction of sp³-hybridized carbons (Fsp3) is 0.647. The zero-order chi connectivity index (χ0) is 20.4. The van der Waals surface area contributed by atoms with Gasteiger partial charge in [-0.3, -0.25) is 4.90 Å². The molecule has 2 heterocycles. The zero-order valence-electron chi connectivity index (χ0n) is 15.4. The van der Waals surface area contributed by atoms with E-state index in [1.807, 2.05) is 0 Å². The van der Waals surface area contributed by atoms with Gasteiger partial charge >= 0.3 is 0 Å². The maximum atomic E-state index is 13.4. The van der Waals surface area contributed by atoms with Gasteiger partial charge in [0.25, 0.3) is 0 Å². The SMILES string of the molecule is O=S1(=O)CCC(N(CCCN2CCOCC2)S(=O)(=O)c2ccc(F)cc2Cl)C1. The molecule has 0 amide bonds. The summed E-state index contributed by atoms with van der Waals surface area (Å²) < 4.78 is 70.2. The summed E-state index contributed by atoms with van der Waals surface area (Å²) in [5.74, 6) is -0.876. The first-order chi connectivity index (χ1) is 13.2. The van der Waals surface area contributed by atoms with Gasteiger partial charge < -0.3 is 4.74 Å². The van der Waals surface area contributed by atoms with E-state index in [0.29, 0.717) is 26.2 Å². The van der Waals surface area contributed by atoms with Crippen molar-refractivity contribution in [3.8, 4) is 0 Å². The van der Waals surface area contributed by atoms with E-state index in [2.05, 4.69) is 4.90 Å². The number of benzene rings is 1. The molecular formula is C17H24ClFN2O5S2. The number of sulfonamides is 1. The number of ether oxygens (including phenoxy) is 1. The van der Waals surface area contributed by atoms with Gasteiger partial charge in [0.05, 0.1) is 29.7 Å². The first-order valence-corrected chi connectivity index (χ1v) is 12.8. The molecule has 0 bridgehead atoms. The highest BCUT2D eigenvalue weighted by atomic mass is 35.5. The lowest BCUT2D eigenvalue weighted by molar-refractivity contribution is 0.0367. The highest BCUT2D eigenvalue weighted by Gasteiger charge is 2.39. The van der Waals surface area contributed by atoms with Crippen LogP contribution in [0.4, 0.5) is 4.39 Å². The van der Waals surface area contributed by atoms with Gasteiger partial charge in [-0.05, 0) is 37.6 Å². The fourth-order valence-corrected chi connectivity index (χ4v) is 7.61.